The molecule has 0 aliphatic heterocycles. The first-order valence-corrected chi connectivity index (χ1v) is 9.84. The third kappa shape index (κ3) is 14.5. The molecule has 0 spiro atoms. The van der Waals surface area contributed by atoms with Gasteiger partial charge in [0.1, 0.15) is 0 Å². The SMILES string of the molecule is CCCCCCCCC(C)OC(=O)CCCC(=O)OCC(C)CC. The molecule has 0 radical (unpaired) electrons. The molecule has 0 bridgehead atoms. The van der Waals surface area contributed by atoms with Crippen LogP contribution in [0.4, 0.5) is 0 Å². The van der Waals surface area contributed by atoms with Gasteiger partial charge in [-0.2, -0.15) is 0 Å². The quantitative estimate of drug-likeness (QED) is 0.294. The van der Waals surface area contributed by atoms with Crippen LogP contribution in [0.5, 0.6) is 0 Å². The van der Waals surface area contributed by atoms with Crippen LogP contribution in [0.2, 0.25) is 0 Å². The van der Waals surface area contributed by atoms with Crippen LogP contribution in [0.3, 0.4) is 0 Å². The minimum Gasteiger partial charge on any atom is -0.465 e. The lowest BCUT2D eigenvalue weighted by Crippen LogP contribution is -2.16. The molecule has 4 heteroatoms. The summed E-state index contributed by atoms with van der Waals surface area (Å²) >= 11 is 0. The van der Waals surface area contributed by atoms with E-state index in [1.807, 2.05) is 6.92 Å². The molecule has 0 aromatic rings. The molecule has 0 amide bonds. The van der Waals surface area contributed by atoms with E-state index in [0.717, 1.165) is 19.3 Å². The van der Waals surface area contributed by atoms with Gasteiger partial charge in [-0.05, 0) is 32.1 Å². The zero-order valence-electron chi connectivity index (χ0n) is 16.3. The van der Waals surface area contributed by atoms with Crippen LogP contribution in [0.15, 0.2) is 0 Å². The fourth-order valence-electron chi connectivity index (χ4n) is 2.36. The minimum absolute atomic E-state index is 0.0268. The molecular weight excluding hydrogens is 304 g/mol. The highest BCUT2D eigenvalue weighted by atomic mass is 16.5. The maximum atomic E-state index is 11.7. The Morgan fingerprint density at radius 3 is 2.12 bits per heavy atom. The van der Waals surface area contributed by atoms with Crippen LogP contribution in [0.25, 0.3) is 0 Å². The molecule has 0 saturated heterocycles. The van der Waals surface area contributed by atoms with Crippen molar-refractivity contribution in [2.24, 2.45) is 5.92 Å². The zero-order valence-corrected chi connectivity index (χ0v) is 16.3. The molecule has 2 unspecified atom stereocenters. The molecule has 142 valence electrons. The highest BCUT2D eigenvalue weighted by molar-refractivity contribution is 5.72. The summed E-state index contributed by atoms with van der Waals surface area (Å²) in [5.41, 5.74) is 0. The van der Waals surface area contributed by atoms with E-state index < -0.39 is 0 Å². The van der Waals surface area contributed by atoms with Crippen molar-refractivity contribution in [1.29, 1.82) is 0 Å². The number of esters is 2. The van der Waals surface area contributed by atoms with E-state index in [4.69, 9.17) is 9.47 Å². The number of hydrogen-bond acceptors (Lipinski definition) is 4. The molecule has 0 N–H and O–H groups in total. The van der Waals surface area contributed by atoms with Gasteiger partial charge >= 0.3 is 11.9 Å². The van der Waals surface area contributed by atoms with Gasteiger partial charge in [0.05, 0.1) is 12.7 Å². The van der Waals surface area contributed by atoms with Crippen LogP contribution in [0.1, 0.15) is 98.3 Å². The largest absolute Gasteiger partial charge is 0.465 e. The van der Waals surface area contributed by atoms with Gasteiger partial charge in [0, 0.05) is 12.8 Å². The molecule has 0 rings (SSSR count). The second-order valence-corrected chi connectivity index (χ2v) is 6.91. The molecule has 24 heavy (non-hydrogen) atoms. The van der Waals surface area contributed by atoms with Crippen molar-refractivity contribution in [1.82, 2.24) is 0 Å². The molecule has 0 heterocycles. The van der Waals surface area contributed by atoms with Crippen LogP contribution >= 0.6 is 0 Å². The Morgan fingerprint density at radius 2 is 1.46 bits per heavy atom. The Balaban J connectivity index is 3.58. The Labute approximate surface area is 148 Å². The predicted octanol–water partition coefficient (Wildman–Crippen LogP) is 5.43. The number of unbranched alkanes of at least 4 members (excludes halogenated alkanes) is 5. The summed E-state index contributed by atoms with van der Waals surface area (Å²) in [6.07, 6.45) is 10.4. The highest BCUT2D eigenvalue weighted by Crippen LogP contribution is 2.11. The number of carbonyl (C=O) groups excluding carboxylic acids is 2. The summed E-state index contributed by atoms with van der Waals surface area (Å²) < 4.78 is 10.5. The van der Waals surface area contributed by atoms with E-state index in [1.165, 1.54) is 32.1 Å². The lowest BCUT2D eigenvalue weighted by Gasteiger charge is -2.13. The Hall–Kier alpha value is -1.06. The van der Waals surface area contributed by atoms with Crippen molar-refractivity contribution in [2.75, 3.05) is 6.61 Å². The van der Waals surface area contributed by atoms with Crippen molar-refractivity contribution in [3.05, 3.63) is 0 Å². The van der Waals surface area contributed by atoms with Crippen LogP contribution in [-0.2, 0) is 19.1 Å². The van der Waals surface area contributed by atoms with Gasteiger partial charge in [0.2, 0.25) is 0 Å². The standard InChI is InChI=1S/C20H38O4/c1-5-7-8-9-10-11-13-18(4)24-20(22)15-12-14-19(21)23-16-17(3)6-2/h17-18H,5-16H2,1-4H3. The number of rotatable bonds is 15. The molecule has 0 aliphatic carbocycles. The van der Waals surface area contributed by atoms with Crippen LogP contribution in [-0.4, -0.2) is 24.6 Å². The fraction of sp³-hybridized carbons (Fsp3) is 0.900. The summed E-state index contributed by atoms with van der Waals surface area (Å²) in [5, 5.41) is 0. The fourth-order valence-corrected chi connectivity index (χ4v) is 2.36. The van der Waals surface area contributed by atoms with E-state index in [2.05, 4.69) is 20.8 Å². The molecule has 4 nitrogen and oxygen atoms in total. The van der Waals surface area contributed by atoms with Gasteiger partial charge in [0.25, 0.3) is 0 Å². The predicted molar refractivity (Wildman–Crippen MR) is 97.8 cm³/mol. The highest BCUT2D eigenvalue weighted by Gasteiger charge is 2.11. The van der Waals surface area contributed by atoms with Gasteiger partial charge in [-0.3, -0.25) is 9.59 Å². The van der Waals surface area contributed by atoms with Gasteiger partial charge in [-0.25, -0.2) is 0 Å². The summed E-state index contributed by atoms with van der Waals surface area (Å²) in [4.78, 5) is 23.3. The summed E-state index contributed by atoms with van der Waals surface area (Å²) in [5.74, 6) is -0.0341. The first-order chi connectivity index (χ1) is 11.5. The molecule has 0 aromatic heterocycles. The number of carbonyl (C=O) groups is 2. The van der Waals surface area contributed by atoms with Crippen molar-refractivity contribution in [2.45, 2.75) is 104 Å². The number of ether oxygens (including phenoxy) is 2. The number of hydrogen-bond donors (Lipinski definition) is 0. The van der Waals surface area contributed by atoms with E-state index in [0.29, 0.717) is 25.4 Å². The monoisotopic (exact) mass is 342 g/mol. The van der Waals surface area contributed by atoms with E-state index >= 15 is 0 Å². The summed E-state index contributed by atoms with van der Waals surface area (Å²) in [6, 6.07) is 0. The van der Waals surface area contributed by atoms with E-state index in [9.17, 15) is 9.59 Å². The van der Waals surface area contributed by atoms with Gasteiger partial charge in [-0.15, -0.1) is 0 Å². The second-order valence-electron chi connectivity index (χ2n) is 6.91. The molecule has 2 atom stereocenters. The topological polar surface area (TPSA) is 52.6 Å². The summed E-state index contributed by atoms with van der Waals surface area (Å²) in [6.45, 7) is 8.75. The van der Waals surface area contributed by atoms with Gasteiger partial charge < -0.3 is 9.47 Å². The van der Waals surface area contributed by atoms with Crippen molar-refractivity contribution >= 4 is 11.9 Å². The average molecular weight is 343 g/mol. The van der Waals surface area contributed by atoms with Gasteiger partial charge in [0.15, 0.2) is 0 Å². The Bertz CT molecular complexity index is 328. The van der Waals surface area contributed by atoms with Crippen LogP contribution in [0, 0.1) is 5.92 Å². The van der Waals surface area contributed by atoms with Gasteiger partial charge in [-0.1, -0.05) is 59.3 Å². The maximum Gasteiger partial charge on any atom is 0.306 e. The minimum atomic E-state index is -0.219. The average Bonchev–Trinajstić information content (AvgIpc) is 2.55. The Morgan fingerprint density at radius 1 is 0.833 bits per heavy atom. The van der Waals surface area contributed by atoms with Crippen molar-refractivity contribution in [3.8, 4) is 0 Å². The maximum absolute atomic E-state index is 11.7. The lowest BCUT2D eigenvalue weighted by molar-refractivity contribution is -0.149. The molecule has 0 fully saturated rings. The first kappa shape index (κ1) is 22.9. The van der Waals surface area contributed by atoms with Crippen molar-refractivity contribution < 1.29 is 19.1 Å². The smallest absolute Gasteiger partial charge is 0.306 e. The normalized spacial score (nSPS) is 13.3. The molecule has 0 aliphatic rings. The second kappa shape index (κ2) is 15.5. The molecule has 0 aromatic carbocycles. The first-order valence-electron chi connectivity index (χ1n) is 9.84. The van der Waals surface area contributed by atoms with E-state index in [1.54, 1.807) is 0 Å². The van der Waals surface area contributed by atoms with Crippen molar-refractivity contribution in [3.63, 3.8) is 0 Å². The lowest BCUT2D eigenvalue weighted by atomic mass is 10.1. The molecule has 0 saturated carbocycles. The summed E-state index contributed by atoms with van der Waals surface area (Å²) in [7, 11) is 0. The zero-order chi connectivity index (χ0) is 18.2. The Kier molecular flexibility index (Phi) is 14.8. The van der Waals surface area contributed by atoms with E-state index in [-0.39, 0.29) is 24.5 Å². The third-order valence-electron chi connectivity index (χ3n) is 4.28. The third-order valence-corrected chi connectivity index (χ3v) is 4.28. The molecular formula is C20H38O4. The van der Waals surface area contributed by atoms with Crippen LogP contribution < -0.4 is 0 Å².